The summed E-state index contributed by atoms with van der Waals surface area (Å²) in [6.07, 6.45) is 6.90. The van der Waals surface area contributed by atoms with Gasteiger partial charge in [0.2, 0.25) is 0 Å². The Bertz CT molecular complexity index is 336. The van der Waals surface area contributed by atoms with Gasteiger partial charge in [0.15, 0.2) is 0 Å². The number of nitrogens with one attached hydrogen (secondary N) is 1. The van der Waals surface area contributed by atoms with Crippen LogP contribution >= 0.6 is 15.9 Å². The van der Waals surface area contributed by atoms with Crippen LogP contribution in [0.1, 0.15) is 32.6 Å². The molecule has 1 aromatic heterocycles. The number of hydrogen-bond donors (Lipinski definition) is 1. The maximum atomic E-state index is 4.18. The number of rotatable bonds is 5. The molecule has 0 spiro atoms. The summed E-state index contributed by atoms with van der Waals surface area (Å²) in [6.45, 7) is 3.30. The van der Waals surface area contributed by atoms with Crippen molar-refractivity contribution in [1.82, 2.24) is 9.97 Å². The maximum Gasteiger partial charge on any atom is 0.130 e. The van der Waals surface area contributed by atoms with Gasteiger partial charge in [0.25, 0.3) is 0 Å². The normalized spacial score (nSPS) is 17.5. The largest absolute Gasteiger partial charge is 0.369 e. The number of anilines is 1. The molecule has 3 nitrogen and oxygen atoms in total. The third kappa shape index (κ3) is 2.91. The van der Waals surface area contributed by atoms with E-state index in [0.29, 0.717) is 5.41 Å². The minimum atomic E-state index is 0.562. The average molecular weight is 270 g/mol. The summed E-state index contributed by atoms with van der Waals surface area (Å²) in [6, 6.07) is 1.92. The van der Waals surface area contributed by atoms with Gasteiger partial charge in [-0.1, -0.05) is 13.3 Å². The Balaban J connectivity index is 1.88. The molecule has 1 fully saturated rings. The quantitative estimate of drug-likeness (QED) is 0.835. The van der Waals surface area contributed by atoms with Crippen molar-refractivity contribution in [2.24, 2.45) is 5.41 Å². The molecule has 1 aromatic rings. The maximum absolute atomic E-state index is 4.18. The summed E-state index contributed by atoms with van der Waals surface area (Å²) < 4.78 is 0.834. The molecule has 0 bridgehead atoms. The van der Waals surface area contributed by atoms with Crippen molar-refractivity contribution in [3.63, 3.8) is 0 Å². The second-order valence-electron chi connectivity index (χ2n) is 4.33. The molecule has 4 heteroatoms. The smallest absolute Gasteiger partial charge is 0.130 e. The predicted molar refractivity (Wildman–Crippen MR) is 64.8 cm³/mol. The van der Waals surface area contributed by atoms with E-state index in [1.807, 2.05) is 6.07 Å². The van der Waals surface area contributed by atoms with Crippen molar-refractivity contribution in [2.45, 2.75) is 32.6 Å². The van der Waals surface area contributed by atoms with Crippen LogP contribution in [0.2, 0.25) is 0 Å². The van der Waals surface area contributed by atoms with Crippen LogP contribution in [0.25, 0.3) is 0 Å². The van der Waals surface area contributed by atoms with Gasteiger partial charge >= 0.3 is 0 Å². The van der Waals surface area contributed by atoms with E-state index in [1.165, 1.54) is 25.7 Å². The van der Waals surface area contributed by atoms with Gasteiger partial charge in [0.05, 0.1) is 0 Å². The van der Waals surface area contributed by atoms with E-state index in [-0.39, 0.29) is 0 Å². The zero-order valence-electron chi connectivity index (χ0n) is 8.96. The molecule has 1 heterocycles. The summed E-state index contributed by atoms with van der Waals surface area (Å²) in [5, 5.41) is 3.39. The Morgan fingerprint density at radius 1 is 1.47 bits per heavy atom. The summed E-state index contributed by atoms with van der Waals surface area (Å²) in [7, 11) is 0. The van der Waals surface area contributed by atoms with Gasteiger partial charge in [0.1, 0.15) is 16.7 Å². The lowest BCUT2D eigenvalue weighted by Gasteiger charge is -2.15. The highest BCUT2D eigenvalue weighted by Gasteiger charge is 2.41. The van der Waals surface area contributed by atoms with Gasteiger partial charge in [-0.2, -0.15) is 0 Å². The van der Waals surface area contributed by atoms with Crippen molar-refractivity contribution in [3.8, 4) is 0 Å². The Morgan fingerprint density at radius 3 is 2.87 bits per heavy atom. The molecular weight excluding hydrogens is 254 g/mol. The van der Waals surface area contributed by atoms with Crippen LogP contribution in [0.4, 0.5) is 5.82 Å². The zero-order chi connectivity index (χ0) is 10.7. The standard InChI is InChI=1S/C11H16BrN3/c1-2-3-11(4-5-11)7-13-10-6-9(12)14-8-15-10/h6,8H,2-5,7H2,1H3,(H,13,14,15). The molecule has 1 aliphatic rings. The zero-order valence-corrected chi connectivity index (χ0v) is 10.5. The lowest BCUT2D eigenvalue weighted by atomic mass is 10.0. The first kappa shape index (κ1) is 10.9. The first-order chi connectivity index (χ1) is 7.24. The minimum absolute atomic E-state index is 0.562. The Labute approximate surface area is 98.8 Å². The van der Waals surface area contributed by atoms with E-state index < -0.39 is 0 Å². The van der Waals surface area contributed by atoms with E-state index in [9.17, 15) is 0 Å². The fourth-order valence-corrected chi connectivity index (χ4v) is 2.24. The predicted octanol–water partition coefficient (Wildman–Crippen LogP) is 3.23. The van der Waals surface area contributed by atoms with Crippen molar-refractivity contribution >= 4 is 21.7 Å². The SMILES string of the molecule is CCCC1(CNc2cc(Br)ncn2)CC1. The van der Waals surface area contributed by atoms with Crippen LogP contribution in [0, 0.1) is 5.41 Å². The van der Waals surface area contributed by atoms with Crippen molar-refractivity contribution in [1.29, 1.82) is 0 Å². The average Bonchev–Trinajstić information content (AvgIpc) is 2.97. The van der Waals surface area contributed by atoms with E-state index in [4.69, 9.17) is 0 Å². The molecule has 0 atom stereocenters. The highest BCUT2D eigenvalue weighted by atomic mass is 79.9. The van der Waals surface area contributed by atoms with E-state index >= 15 is 0 Å². The molecule has 0 aliphatic heterocycles. The fraction of sp³-hybridized carbons (Fsp3) is 0.636. The van der Waals surface area contributed by atoms with Gasteiger partial charge in [-0.15, -0.1) is 0 Å². The fourth-order valence-electron chi connectivity index (χ4n) is 1.93. The number of nitrogens with zero attached hydrogens (tertiary/aromatic N) is 2. The highest BCUT2D eigenvalue weighted by Crippen LogP contribution is 2.49. The molecule has 1 aliphatic carbocycles. The van der Waals surface area contributed by atoms with Gasteiger partial charge < -0.3 is 5.32 Å². The van der Waals surface area contributed by atoms with Gasteiger partial charge in [-0.05, 0) is 40.6 Å². The first-order valence-electron chi connectivity index (χ1n) is 5.45. The molecule has 0 aromatic carbocycles. The number of hydrogen-bond acceptors (Lipinski definition) is 3. The van der Waals surface area contributed by atoms with Crippen LogP contribution in [0.15, 0.2) is 17.0 Å². The molecule has 2 rings (SSSR count). The third-order valence-electron chi connectivity index (χ3n) is 3.02. The first-order valence-corrected chi connectivity index (χ1v) is 6.25. The Morgan fingerprint density at radius 2 is 2.27 bits per heavy atom. The summed E-state index contributed by atoms with van der Waals surface area (Å²) in [4.78, 5) is 8.18. The van der Waals surface area contributed by atoms with Crippen molar-refractivity contribution < 1.29 is 0 Å². The lowest BCUT2D eigenvalue weighted by molar-refractivity contribution is 0.485. The number of halogens is 1. The molecular formula is C11H16BrN3. The topological polar surface area (TPSA) is 37.8 Å². The van der Waals surface area contributed by atoms with Crippen LogP contribution in [-0.4, -0.2) is 16.5 Å². The van der Waals surface area contributed by atoms with E-state index in [1.54, 1.807) is 6.33 Å². The third-order valence-corrected chi connectivity index (χ3v) is 3.45. The summed E-state index contributed by atoms with van der Waals surface area (Å²) >= 11 is 3.34. The van der Waals surface area contributed by atoms with Crippen molar-refractivity contribution in [2.75, 3.05) is 11.9 Å². The van der Waals surface area contributed by atoms with Crippen LogP contribution < -0.4 is 5.32 Å². The van der Waals surface area contributed by atoms with Gasteiger partial charge in [-0.25, -0.2) is 9.97 Å². The van der Waals surface area contributed by atoms with E-state index in [2.05, 4.69) is 38.1 Å². The molecule has 0 saturated heterocycles. The molecule has 1 N–H and O–H groups in total. The molecule has 82 valence electrons. The van der Waals surface area contributed by atoms with Crippen LogP contribution in [0.5, 0.6) is 0 Å². The van der Waals surface area contributed by atoms with Crippen molar-refractivity contribution in [3.05, 3.63) is 17.0 Å². The molecule has 15 heavy (non-hydrogen) atoms. The molecule has 0 radical (unpaired) electrons. The van der Waals surface area contributed by atoms with E-state index in [0.717, 1.165) is 17.0 Å². The van der Waals surface area contributed by atoms with Crippen LogP contribution in [-0.2, 0) is 0 Å². The molecule has 0 amide bonds. The molecule has 0 unspecified atom stereocenters. The lowest BCUT2D eigenvalue weighted by Crippen LogP contribution is -2.15. The van der Waals surface area contributed by atoms with Crippen LogP contribution in [0.3, 0.4) is 0 Å². The monoisotopic (exact) mass is 269 g/mol. The second-order valence-corrected chi connectivity index (χ2v) is 5.14. The summed E-state index contributed by atoms with van der Waals surface area (Å²) in [5.41, 5.74) is 0.562. The minimum Gasteiger partial charge on any atom is -0.369 e. The highest BCUT2D eigenvalue weighted by molar-refractivity contribution is 9.10. The number of aromatic nitrogens is 2. The summed E-state index contributed by atoms with van der Waals surface area (Å²) in [5.74, 6) is 0.916. The Hall–Kier alpha value is -0.640. The van der Waals surface area contributed by atoms with Gasteiger partial charge in [-0.3, -0.25) is 0 Å². The second kappa shape index (κ2) is 4.47. The Kier molecular flexibility index (Phi) is 3.24. The molecule has 1 saturated carbocycles. The van der Waals surface area contributed by atoms with Gasteiger partial charge in [0, 0.05) is 12.6 Å².